The van der Waals surface area contributed by atoms with Crippen LogP contribution in [0.1, 0.15) is 53.0 Å². The Kier molecular flexibility index (Phi) is 5.60. The molecule has 0 aromatic heterocycles. The number of rotatable bonds is 4. The minimum absolute atomic E-state index is 0.148. The number of carbonyl (C=O) groups excluding carboxylic acids is 3. The highest BCUT2D eigenvalue weighted by atomic mass is 16.5. The van der Waals surface area contributed by atoms with E-state index in [2.05, 4.69) is 6.07 Å². The van der Waals surface area contributed by atoms with E-state index in [9.17, 15) is 19.6 Å². The van der Waals surface area contributed by atoms with Crippen LogP contribution >= 0.6 is 0 Å². The van der Waals surface area contributed by atoms with Crippen LogP contribution in [0.2, 0.25) is 0 Å². The van der Waals surface area contributed by atoms with Crippen LogP contribution in [-0.4, -0.2) is 48.6 Å². The molecule has 188 valence electrons. The Balaban J connectivity index is 1.89. The van der Waals surface area contributed by atoms with Crippen molar-refractivity contribution in [3.05, 3.63) is 83.1 Å². The number of methoxy groups -OCH3 is 2. The summed E-state index contributed by atoms with van der Waals surface area (Å²) in [5.74, 6) is -0.918. The first-order chi connectivity index (χ1) is 17.6. The van der Waals surface area contributed by atoms with Gasteiger partial charge in [-0.05, 0) is 12.1 Å². The Bertz CT molecular complexity index is 1400. The molecule has 7 heteroatoms. The minimum Gasteiger partial charge on any atom is -0.493 e. The Hall–Kier alpha value is -4.18. The summed E-state index contributed by atoms with van der Waals surface area (Å²) in [6.07, 6.45) is 4.95. The van der Waals surface area contributed by atoms with Crippen LogP contribution in [0.25, 0.3) is 0 Å². The van der Waals surface area contributed by atoms with Crippen LogP contribution in [0.3, 0.4) is 0 Å². The molecular weight excluding hydrogens is 468 g/mol. The summed E-state index contributed by atoms with van der Waals surface area (Å²) >= 11 is 0. The molecule has 1 aliphatic carbocycles. The summed E-state index contributed by atoms with van der Waals surface area (Å²) in [7, 11) is 3.01. The van der Waals surface area contributed by atoms with Gasteiger partial charge in [-0.1, -0.05) is 63.2 Å². The van der Waals surface area contributed by atoms with E-state index in [1.54, 1.807) is 65.7 Å². The number of nitriles is 1. The molecule has 1 saturated heterocycles. The first-order valence-corrected chi connectivity index (χ1v) is 12.1. The molecule has 3 atom stereocenters. The summed E-state index contributed by atoms with van der Waals surface area (Å²) in [4.78, 5) is 44.8. The third-order valence-electron chi connectivity index (χ3n) is 7.73. The second-order valence-electron chi connectivity index (χ2n) is 10.6. The number of nitrogens with zero attached hydrogens (tertiary/aromatic N) is 2. The fraction of sp³-hybridized carbons (Fsp3) is 0.333. The van der Waals surface area contributed by atoms with Crippen molar-refractivity contribution in [2.75, 3.05) is 14.2 Å². The molecule has 0 unspecified atom stereocenters. The lowest BCUT2D eigenvalue weighted by Gasteiger charge is -2.34. The van der Waals surface area contributed by atoms with E-state index in [0.717, 1.165) is 0 Å². The maximum Gasteiger partial charge on any atom is 0.180 e. The van der Waals surface area contributed by atoms with E-state index in [1.807, 2.05) is 20.8 Å². The number of para-hydroxylation sites is 1. The highest BCUT2D eigenvalue weighted by Gasteiger charge is 2.71. The number of allylic oxidation sites excluding steroid dienone is 2. The summed E-state index contributed by atoms with van der Waals surface area (Å²) in [5.41, 5.74) is -0.883. The predicted molar refractivity (Wildman–Crippen MR) is 137 cm³/mol. The largest absolute Gasteiger partial charge is 0.493 e. The maximum atomic E-state index is 14.4. The van der Waals surface area contributed by atoms with Crippen molar-refractivity contribution >= 4 is 17.3 Å². The molecule has 2 aromatic carbocycles. The van der Waals surface area contributed by atoms with Gasteiger partial charge in [0.1, 0.15) is 11.5 Å². The SMILES string of the molecule is COc1cccc([C@@H]2[C@H](C(=O)C(C)(C)C)N3C=C(C#N)C=C[C@@H]3C23C(=O)c2ccccc2C3=O)c1OC. The standard InChI is InChI=1S/C30H28N2O5/c1-29(2,3)28(35)24-23(20-11-8-12-21(36-4)25(20)37-5)30(22-14-13-17(15-31)16-32(22)24)26(33)18-9-6-7-10-19(18)27(30)34/h6-14,16,22-24H,1-5H3/t22-,23-,24-/m1/s1. The van der Waals surface area contributed by atoms with Gasteiger partial charge in [0.15, 0.2) is 28.8 Å². The summed E-state index contributed by atoms with van der Waals surface area (Å²) in [6.45, 7) is 5.45. The monoisotopic (exact) mass is 496 g/mol. The van der Waals surface area contributed by atoms with Gasteiger partial charge in [0.05, 0.1) is 31.9 Å². The van der Waals surface area contributed by atoms with E-state index >= 15 is 0 Å². The Morgan fingerprint density at radius 1 is 1.00 bits per heavy atom. The number of carbonyl (C=O) groups is 3. The van der Waals surface area contributed by atoms with Crippen LogP contribution in [0.4, 0.5) is 0 Å². The number of hydrogen-bond donors (Lipinski definition) is 0. The lowest BCUT2D eigenvalue weighted by Crippen LogP contribution is -2.47. The number of hydrogen-bond acceptors (Lipinski definition) is 7. The van der Waals surface area contributed by atoms with Gasteiger partial charge >= 0.3 is 0 Å². The zero-order valence-electron chi connectivity index (χ0n) is 21.4. The zero-order valence-corrected chi connectivity index (χ0v) is 21.4. The molecule has 3 aliphatic rings. The van der Waals surface area contributed by atoms with Crippen LogP contribution in [0.15, 0.2) is 66.4 Å². The highest BCUT2D eigenvalue weighted by molar-refractivity contribution is 6.31. The first kappa shape index (κ1) is 24.5. The fourth-order valence-corrected chi connectivity index (χ4v) is 6.17. The van der Waals surface area contributed by atoms with E-state index in [1.165, 1.54) is 14.2 Å². The lowest BCUT2D eigenvalue weighted by atomic mass is 9.63. The zero-order chi connectivity index (χ0) is 26.7. The Labute approximate surface area is 216 Å². The van der Waals surface area contributed by atoms with Gasteiger partial charge in [0.2, 0.25) is 0 Å². The molecule has 37 heavy (non-hydrogen) atoms. The second-order valence-corrected chi connectivity index (χ2v) is 10.6. The number of ether oxygens (including phenoxy) is 2. The van der Waals surface area contributed by atoms with Gasteiger partial charge in [-0.2, -0.15) is 5.26 Å². The molecular formula is C30H28N2O5. The van der Waals surface area contributed by atoms with Gasteiger partial charge in [-0.15, -0.1) is 0 Å². The van der Waals surface area contributed by atoms with E-state index < -0.39 is 28.8 Å². The molecule has 0 N–H and O–H groups in total. The van der Waals surface area contributed by atoms with Crippen LogP contribution in [-0.2, 0) is 4.79 Å². The summed E-state index contributed by atoms with van der Waals surface area (Å²) < 4.78 is 11.3. The molecule has 1 fully saturated rings. The fourth-order valence-electron chi connectivity index (χ4n) is 6.17. The molecule has 2 heterocycles. The van der Waals surface area contributed by atoms with E-state index in [-0.39, 0.29) is 17.3 Å². The third-order valence-corrected chi connectivity index (χ3v) is 7.73. The minimum atomic E-state index is -1.64. The Morgan fingerprint density at radius 3 is 2.19 bits per heavy atom. The average Bonchev–Trinajstić information content (AvgIpc) is 3.32. The molecule has 2 aromatic rings. The quantitative estimate of drug-likeness (QED) is 0.575. The van der Waals surface area contributed by atoms with Crippen molar-refractivity contribution in [2.24, 2.45) is 10.8 Å². The third kappa shape index (κ3) is 3.21. The molecule has 0 bridgehead atoms. The van der Waals surface area contributed by atoms with Gasteiger partial charge in [-0.25, -0.2) is 0 Å². The first-order valence-electron chi connectivity index (χ1n) is 12.1. The van der Waals surface area contributed by atoms with Gasteiger partial charge in [0, 0.05) is 34.2 Å². The molecule has 0 amide bonds. The molecule has 7 nitrogen and oxygen atoms in total. The molecule has 0 saturated carbocycles. The van der Waals surface area contributed by atoms with Crippen LogP contribution < -0.4 is 9.47 Å². The lowest BCUT2D eigenvalue weighted by molar-refractivity contribution is -0.130. The van der Waals surface area contributed by atoms with Crippen molar-refractivity contribution < 1.29 is 23.9 Å². The van der Waals surface area contributed by atoms with E-state index in [0.29, 0.717) is 33.8 Å². The number of benzene rings is 2. The maximum absolute atomic E-state index is 14.4. The van der Waals surface area contributed by atoms with E-state index in [4.69, 9.17) is 9.47 Å². The van der Waals surface area contributed by atoms with Crippen molar-refractivity contribution in [2.45, 2.75) is 38.8 Å². The Morgan fingerprint density at radius 2 is 1.65 bits per heavy atom. The second kappa shape index (κ2) is 8.45. The molecule has 1 spiro atoms. The van der Waals surface area contributed by atoms with Crippen molar-refractivity contribution in [1.29, 1.82) is 5.26 Å². The van der Waals surface area contributed by atoms with Crippen LogP contribution in [0.5, 0.6) is 11.5 Å². The smallest absolute Gasteiger partial charge is 0.180 e. The van der Waals surface area contributed by atoms with Crippen molar-refractivity contribution in [1.82, 2.24) is 4.90 Å². The van der Waals surface area contributed by atoms with Gasteiger partial charge in [-0.3, -0.25) is 14.4 Å². The average molecular weight is 497 g/mol. The molecule has 0 radical (unpaired) electrons. The predicted octanol–water partition coefficient (Wildman–Crippen LogP) is 4.50. The van der Waals surface area contributed by atoms with Crippen molar-refractivity contribution in [3.63, 3.8) is 0 Å². The topological polar surface area (TPSA) is 96.7 Å². The normalized spacial score (nSPS) is 23.4. The van der Waals surface area contributed by atoms with Gasteiger partial charge < -0.3 is 14.4 Å². The van der Waals surface area contributed by atoms with Crippen LogP contribution in [0, 0.1) is 22.2 Å². The molecule has 5 rings (SSSR count). The van der Waals surface area contributed by atoms with Gasteiger partial charge in [0.25, 0.3) is 0 Å². The summed E-state index contributed by atoms with van der Waals surface area (Å²) in [6, 6.07) is 12.5. The number of Topliss-reactive ketones (excluding diaryl/α,β-unsaturated/α-hetero) is 3. The molecule has 2 aliphatic heterocycles. The number of ketones is 3. The summed E-state index contributed by atoms with van der Waals surface area (Å²) in [5, 5.41) is 9.68. The van der Waals surface area contributed by atoms with Crippen molar-refractivity contribution in [3.8, 4) is 17.6 Å². The highest BCUT2D eigenvalue weighted by Crippen LogP contribution is 2.61. The number of fused-ring (bicyclic) bond motifs is 3.